The minimum absolute atomic E-state index is 0.0889. The highest BCUT2D eigenvalue weighted by molar-refractivity contribution is 5.91. The number of hydrogen-bond acceptors (Lipinski definition) is 4. The lowest BCUT2D eigenvalue weighted by molar-refractivity contribution is -0.125. The first-order chi connectivity index (χ1) is 11.1. The van der Waals surface area contributed by atoms with Gasteiger partial charge in [-0.2, -0.15) is 0 Å². The van der Waals surface area contributed by atoms with Gasteiger partial charge in [-0.05, 0) is 42.8 Å². The van der Waals surface area contributed by atoms with Crippen LogP contribution in [0.2, 0.25) is 0 Å². The van der Waals surface area contributed by atoms with Crippen molar-refractivity contribution in [2.75, 3.05) is 20.3 Å². The summed E-state index contributed by atoms with van der Waals surface area (Å²) >= 11 is 0. The Morgan fingerprint density at radius 3 is 2.70 bits per heavy atom. The molecule has 0 radical (unpaired) electrons. The lowest BCUT2D eigenvalue weighted by Gasteiger charge is -2.20. The molecule has 0 unspecified atom stereocenters. The molecular weight excluding hydrogens is 294 g/mol. The molecule has 0 saturated carbocycles. The fourth-order valence-corrected chi connectivity index (χ4v) is 2.36. The Hall–Kier alpha value is -2.69. The summed E-state index contributed by atoms with van der Waals surface area (Å²) in [6.07, 6.45) is 3.19. The number of rotatable bonds is 4. The SMILES string of the molecule is Cc1ccc(C=CC(=O)N(C)Cc2ccc3c(c2)OCCO3)o1. The fraction of sp³-hybridized carbons (Fsp3) is 0.278. The molecule has 0 fully saturated rings. The molecule has 1 aromatic carbocycles. The predicted octanol–water partition coefficient (Wildman–Crippen LogP) is 3.03. The van der Waals surface area contributed by atoms with E-state index in [9.17, 15) is 4.79 Å². The van der Waals surface area contributed by atoms with Gasteiger partial charge in [-0.1, -0.05) is 6.07 Å². The number of hydrogen-bond donors (Lipinski definition) is 0. The van der Waals surface area contributed by atoms with E-state index in [1.807, 2.05) is 37.3 Å². The average molecular weight is 313 g/mol. The Morgan fingerprint density at radius 2 is 1.96 bits per heavy atom. The summed E-state index contributed by atoms with van der Waals surface area (Å²) in [4.78, 5) is 13.8. The average Bonchev–Trinajstić information content (AvgIpc) is 2.98. The maximum atomic E-state index is 12.2. The lowest BCUT2D eigenvalue weighted by Crippen LogP contribution is -2.24. The number of ether oxygens (including phenoxy) is 2. The molecule has 1 amide bonds. The van der Waals surface area contributed by atoms with Crippen LogP contribution in [0.4, 0.5) is 0 Å². The molecule has 0 spiro atoms. The van der Waals surface area contributed by atoms with Gasteiger partial charge < -0.3 is 18.8 Å². The second-order valence-electron chi connectivity index (χ2n) is 5.45. The molecule has 1 aliphatic heterocycles. The molecule has 5 nitrogen and oxygen atoms in total. The third-order valence-electron chi connectivity index (χ3n) is 3.55. The second kappa shape index (κ2) is 6.60. The van der Waals surface area contributed by atoms with Crippen LogP contribution in [0.15, 0.2) is 40.8 Å². The summed E-state index contributed by atoms with van der Waals surface area (Å²) in [5, 5.41) is 0. The number of furan rings is 1. The Balaban J connectivity index is 1.63. The Labute approximate surface area is 135 Å². The van der Waals surface area contributed by atoms with Crippen LogP contribution in [-0.4, -0.2) is 31.1 Å². The van der Waals surface area contributed by atoms with E-state index in [1.54, 1.807) is 18.0 Å². The molecule has 5 heteroatoms. The zero-order chi connectivity index (χ0) is 16.2. The first kappa shape index (κ1) is 15.2. The molecular formula is C18H19NO4. The van der Waals surface area contributed by atoms with Crippen LogP contribution in [0.1, 0.15) is 17.1 Å². The molecule has 0 aliphatic carbocycles. The second-order valence-corrected chi connectivity index (χ2v) is 5.45. The summed E-state index contributed by atoms with van der Waals surface area (Å²) in [6.45, 7) is 3.49. The van der Waals surface area contributed by atoms with Crippen LogP contribution >= 0.6 is 0 Å². The van der Waals surface area contributed by atoms with Crippen molar-refractivity contribution in [3.8, 4) is 11.5 Å². The van der Waals surface area contributed by atoms with Crippen molar-refractivity contribution in [2.45, 2.75) is 13.5 Å². The van der Waals surface area contributed by atoms with Gasteiger partial charge in [0.1, 0.15) is 24.7 Å². The van der Waals surface area contributed by atoms with E-state index in [0.29, 0.717) is 25.5 Å². The summed E-state index contributed by atoms with van der Waals surface area (Å²) in [5.74, 6) is 2.89. The highest BCUT2D eigenvalue weighted by atomic mass is 16.6. The molecule has 3 rings (SSSR count). The molecule has 1 aromatic heterocycles. The van der Waals surface area contributed by atoms with E-state index in [2.05, 4.69) is 0 Å². The molecule has 0 atom stereocenters. The van der Waals surface area contributed by atoms with Gasteiger partial charge in [0, 0.05) is 19.7 Å². The number of benzene rings is 1. The van der Waals surface area contributed by atoms with Crippen molar-refractivity contribution in [1.82, 2.24) is 4.90 Å². The van der Waals surface area contributed by atoms with Gasteiger partial charge in [-0.15, -0.1) is 0 Å². The topological polar surface area (TPSA) is 51.9 Å². The highest BCUT2D eigenvalue weighted by Crippen LogP contribution is 2.31. The van der Waals surface area contributed by atoms with Crippen molar-refractivity contribution < 1.29 is 18.7 Å². The van der Waals surface area contributed by atoms with Gasteiger partial charge in [0.05, 0.1) is 0 Å². The van der Waals surface area contributed by atoms with Crippen LogP contribution in [0.25, 0.3) is 6.08 Å². The van der Waals surface area contributed by atoms with Crippen LogP contribution in [0.3, 0.4) is 0 Å². The first-order valence-corrected chi connectivity index (χ1v) is 7.50. The van der Waals surface area contributed by atoms with E-state index in [-0.39, 0.29) is 5.91 Å². The van der Waals surface area contributed by atoms with Gasteiger partial charge in [-0.25, -0.2) is 0 Å². The quantitative estimate of drug-likeness (QED) is 0.814. The van der Waals surface area contributed by atoms with E-state index in [1.165, 1.54) is 6.08 Å². The minimum atomic E-state index is -0.0889. The van der Waals surface area contributed by atoms with Crippen LogP contribution < -0.4 is 9.47 Å². The monoisotopic (exact) mass is 313 g/mol. The number of carbonyl (C=O) groups is 1. The van der Waals surface area contributed by atoms with E-state index in [0.717, 1.165) is 22.8 Å². The smallest absolute Gasteiger partial charge is 0.246 e. The minimum Gasteiger partial charge on any atom is -0.486 e. The molecule has 2 aromatic rings. The molecule has 0 N–H and O–H groups in total. The molecule has 23 heavy (non-hydrogen) atoms. The number of carbonyl (C=O) groups excluding carboxylic acids is 1. The summed E-state index contributed by atoms with van der Waals surface area (Å²) in [7, 11) is 1.76. The predicted molar refractivity (Wildman–Crippen MR) is 86.4 cm³/mol. The normalized spacial score (nSPS) is 13.3. The Bertz CT molecular complexity index is 732. The molecule has 1 aliphatic rings. The van der Waals surface area contributed by atoms with Gasteiger partial charge >= 0.3 is 0 Å². The third kappa shape index (κ3) is 3.74. The standard InChI is InChI=1S/C18H19NO4/c1-13-3-5-15(23-13)6-8-18(20)19(2)12-14-4-7-16-17(11-14)22-10-9-21-16/h3-8,11H,9-10,12H2,1-2H3. The van der Waals surface area contributed by atoms with Crippen LogP contribution in [-0.2, 0) is 11.3 Å². The van der Waals surface area contributed by atoms with Gasteiger partial charge in [0.25, 0.3) is 0 Å². The lowest BCUT2D eigenvalue weighted by atomic mass is 10.2. The Kier molecular flexibility index (Phi) is 4.37. The Morgan fingerprint density at radius 1 is 1.17 bits per heavy atom. The number of amides is 1. The van der Waals surface area contributed by atoms with Gasteiger partial charge in [0.2, 0.25) is 5.91 Å². The maximum Gasteiger partial charge on any atom is 0.246 e. The number of nitrogens with zero attached hydrogens (tertiary/aromatic N) is 1. The maximum absolute atomic E-state index is 12.2. The summed E-state index contributed by atoms with van der Waals surface area (Å²) < 4.78 is 16.5. The highest BCUT2D eigenvalue weighted by Gasteiger charge is 2.13. The van der Waals surface area contributed by atoms with Crippen molar-refractivity contribution in [2.24, 2.45) is 0 Å². The molecule has 2 heterocycles. The van der Waals surface area contributed by atoms with Crippen molar-refractivity contribution >= 4 is 12.0 Å². The molecule has 120 valence electrons. The fourth-order valence-electron chi connectivity index (χ4n) is 2.36. The first-order valence-electron chi connectivity index (χ1n) is 7.50. The van der Waals surface area contributed by atoms with E-state index >= 15 is 0 Å². The molecule has 0 bridgehead atoms. The summed E-state index contributed by atoms with van der Waals surface area (Å²) in [6, 6.07) is 9.43. The zero-order valence-corrected chi connectivity index (χ0v) is 13.2. The van der Waals surface area contributed by atoms with Crippen molar-refractivity contribution in [3.63, 3.8) is 0 Å². The largest absolute Gasteiger partial charge is 0.486 e. The van der Waals surface area contributed by atoms with E-state index < -0.39 is 0 Å². The van der Waals surface area contributed by atoms with Crippen molar-refractivity contribution in [3.05, 3.63) is 53.5 Å². The van der Waals surface area contributed by atoms with Crippen LogP contribution in [0.5, 0.6) is 11.5 Å². The van der Waals surface area contributed by atoms with Gasteiger partial charge in [0.15, 0.2) is 11.5 Å². The summed E-state index contributed by atoms with van der Waals surface area (Å²) in [5.41, 5.74) is 0.993. The number of aryl methyl sites for hydroxylation is 1. The van der Waals surface area contributed by atoms with Crippen LogP contribution in [0, 0.1) is 6.92 Å². The zero-order valence-electron chi connectivity index (χ0n) is 13.2. The number of likely N-dealkylation sites (N-methyl/N-ethyl adjacent to an activating group) is 1. The van der Waals surface area contributed by atoms with Crippen molar-refractivity contribution in [1.29, 1.82) is 0 Å². The van der Waals surface area contributed by atoms with E-state index in [4.69, 9.17) is 13.9 Å². The number of fused-ring (bicyclic) bond motifs is 1. The molecule has 0 saturated heterocycles. The third-order valence-corrected chi connectivity index (χ3v) is 3.55. The van der Waals surface area contributed by atoms with Gasteiger partial charge in [-0.3, -0.25) is 4.79 Å².